The van der Waals surface area contributed by atoms with Crippen molar-refractivity contribution in [3.63, 3.8) is 0 Å². The third-order valence-electron chi connectivity index (χ3n) is 4.93. The van der Waals surface area contributed by atoms with Crippen LogP contribution in [0.5, 0.6) is 0 Å². The zero-order chi connectivity index (χ0) is 20.1. The van der Waals surface area contributed by atoms with Gasteiger partial charge in [0.2, 0.25) is 0 Å². The number of aryl methyl sites for hydroxylation is 2. The molecule has 1 aliphatic rings. The van der Waals surface area contributed by atoms with E-state index in [4.69, 9.17) is 9.84 Å². The summed E-state index contributed by atoms with van der Waals surface area (Å²) in [5.74, 6) is -1.29. The van der Waals surface area contributed by atoms with E-state index in [9.17, 15) is 14.4 Å². The Morgan fingerprint density at radius 3 is 2.44 bits per heavy atom. The SMILES string of the molecule is CCN(CC(=O)O)C1CC(NC(=O)Nc2cc(C(=O)OC)c(C)cc2C)C1. The van der Waals surface area contributed by atoms with Gasteiger partial charge in [-0.3, -0.25) is 9.69 Å². The Bertz CT molecular complexity index is 728. The van der Waals surface area contributed by atoms with Gasteiger partial charge >= 0.3 is 18.0 Å². The first kappa shape index (κ1) is 20.7. The largest absolute Gasteiger partial charge is 0.480 e. The van der Waals surface area contributed by atoms with E-state index >= 15 is 0 Å². The first-order valence-electron chi connectivity index (χ1n) is 8.98. The van der Waals surface area contributed by atoms with Gasteiger partial charge in [0.05, 0.1) is 19.2 Å². The smallest absolute Gasteiger partial charge is 0.338 e. The molecule has 3 N–H and O–H groups in total. The number of carboxylic acid groups (broad SMARTS) is 1. The van der Waals surface area contributed by atoms with Crippen LogP contribution >= 0.6 is 0 Å². The summed E-state index contributed by atoms with van der Waals surface area (Å²) in [6, 6.07) is 3.27. The van der Waals surface area contributed by atoms with Crippen molar-refractivity contribution in [2.45, 2.75) is 45.7 Å². The minimum Gasteiger partial charge on any atom is -0.480 e. The van der Waals surface area contributed by atoms with E-state index in [1.807, 2.05) is 31.7 Å². The van der Waals surface area contributed by atoms with Crippen molar-refractivity contribution < 1.29 is 24.2 Å². The molecule has 0 unspecified atom stereocenters. The van der Waals surface area contributed by atoms with Crippen LogP contribution in [0.15, 0.2) is 12.1 Å². The molecule has 27 heavy (non-hydrogen) atoms. The summed E-state index contributed by atoms with van der Waals surface area (Å²) in [5.41, 5.74) is 2.59. The molecule has 8 nitrogen and oxygen atoms in total. The van der Waals surface area contributed by atoms with Gasteiger partial charge in [0.1, 0.15) is 0 Å². The number of aliphatic carboxylic acids is 1. The minimum absolute atomic E-state index is 0.00340. The van der Waals surface area contributed by atoms with Crippen LogP contribution in [0.1, 0.15) is 41.3 Å². The van der Waals surface area contributed by atoms with Crippen LogP contribution in [0, 0.1) is 13.8 Å². The molecule has 2 rings (SSSR count). The molecule has 0 saturated heterocycles. The molecule has 0 spiro atoms. The lowest BCUT2D eigenvalue weighted by Crippen LogP contribution is -2.55. The summed E-state index contributed by atoms with van der Waals surface area (Å²) in [7, 11) is 1.32. The van der Waals surface area contributed by atoms with E-state index in [-0.39, 0.29) is 24.7 Å². The topological polar surface area (TPSA) is 108 Å². The molecule has 1 aliphatic carbocycles. The van der Waals surface area contributed by atoms with E-state index in [2.05, 4.69) is 10.6 Å². The Hall–Kier alpha value is -2.61. The van der Waals surface area contributed by atoms with Crippen LogP contribution < -0.4 is 10.6 Å². The van der Waals surface area contributed by atoms with Crippen molar-refractivity contribution in [2.24, 2.45) is 0 Å². The van der Waals surface area contributed by atoms with Gasteiger partial charge in [0, 0.05) is 17.8 Å². The molecule has 0 bridgehead atoms. The van der Waals surface area contributed by atoms with Crippen molar-refractivity contribution in [3.05, 3.63) is 28.8 Å². The monoisotopic (exact) mass is 377 g/mol. The number of esters is 1. The van der Waals surface area contributed by atoms with Gasteiger partial charge in [-0.1, -0.05) is 13.0 Å². The summed E-state index contributed by atoms with van der Waals surface area (Å²) < 4.78 is 4.77. The number of nitrogens with one attached hydrogen (secondary N) is 2. The number of carbonyl (C=O) groups is 3. The third kappa shape index (κ3) is 5.19. The highest BCUT2D eigenvalue weighted by Crippen LogP contribution is 2.26. The lowest BCUT2D eigenvalue weighted by Gasteiger charge is -2.42. The highest BCUT2D eigenvalue weighted by Gasteiger charge is 2.34. The summed E-state index contributed by atoms with van der Waals surface area (Å²) >= 11 is 0. The summed E-state index contributed by atoms with van der Waals surface area (Å²) in [4.78, 5) is 36.9. The average Bonchev–Trinajstić information content (AvgIpc) is 2.57. The number of nitrogens with zero attached hydrogens (tertiary/aromatic N) is 1. The number of methoxy groups -OCH3 is 1. The number of benzene rings is 1. The molecular formula is C19H27N3O5. The van der Waals surface area contributed by atoms with Gasteiger partial charge in [-0.05, 0) is 50.4 Å². The molecule has 1 aromatic carbocycles. The molecule has 0 heterocycles. The van der Waals surface area contributed by atoms with Crippen LogP contribution in [0.4, 0.5) is 10.5 Å². The van der Waals surface area contributed by atoms with Gasteiger partial charge in [-0.25, -0.2) is 9.59 Å². The lowest BCUT2D eigenvalue weighted by atomic mass is 9.85. The Morgan fingerprint density at radius 2 is 1.89 bits per heavy atom. The number of likely N-dealkylation sites (N-methyl/N-ethyl adjacent to an activating group) is 1. The van der Waals surface area contributed by atoms with Crippen LogP contribution in [0.3, 0.4) is 0 Å². The number of rotatable bonds is 7. The van der Waals surface area contributed by atoms with Gasteiger partial charge in [0.15, 0.2) is 0 Å². The van der Waals surface area contributed by atoms with Gasteiger partial charge in [0.25, 0.3) is 0 Å². The van der Waals surface area contributed by atoms with Crippen LogP contribution in [-0.4, -0.2) is 60.3 Å². The fourth-order valence-electron chi connectivity index (χ4n) is 3.34. The zero-order valence-electron chi connectivity index (χ0n) is 16.2. The molecular weight excluding hydrogens is 350 g/mol. The normalized spacial score (nSPS) is 18.6. The quantitative estimate of drug-likeness (QED) is 0.629. The number of hydrogen-bond donors (Lipinski definition) is 3. The maximum Gasteiger partial charge on any atom is 0.338 e. The first-order chi connectivity index (χ1) is 12.7. The predicted octanol–water partition coefficient (Wildman–Crippen LogP) is 2.15. The molecule has 2 amide bonds. The summed E-state index contributed by atoms with van der Waals surface area (Å²) in [5, 5.41) is 14.6. The molecule has 0 aliphatic heterocycles. The number of urea groups is 1. The Labute approximate surface area is 158 Å². The Morgan fingerprint density at radius 1 is 1.22 bits per heavy atom. The second kappa shape index (κ2) is 8.85. The van der Waals surface area contributed by atoms with Crippen LogP contribution in [0.25, 0.3) is 0 Å². The van der Waals surface area contributed by atoms with Crippen molar-refractivity contribution in [3.8, 4) is 0 Å². The van der Waals surface area contributed by atoms with E-state index < -0.39 is 11.9 Å². The number of hydrogen-bond acceptors (Lipinski definition) is 5. The number of carbonyl (C=O) groups excluding carboxylic acids is 2. The fourth-order valence-corrected chi connectivity index (χ4v) is 3.34. The predicted molar refractivity (Wildman–Crippen MR) is 101 cm³/mol. The Balaban J connectivity index is 1.92. The maximum atomic E-state index is 12.3. The first-order valence-corrected chi connectivity index (χ1v) is 8.98. The minimum atomic E-state index is -0.845. The Kier molecular flexibility index (Phi) is 6.79. The molecule has 0 radical (unpaired) electrons. The van der Waals surface area contributed by atoms with Gasteiger partial charge in [-0.2, -0.15) is 0 Å². The van der Waals surface area contributed by atoms with Gasteiger partial charge < -0.3 is 20.5 Å². The fraction of sp³-hybridized carbons (Fsp3) is 0.526. The second-order valence-electron chi connectivity index (χ2n) is 6.85. The van der Waals surface area contributed by atoms with Crippen molar-refractivity contribution in [2.75, 3.05) is 25.5 Å². The number of anilines is 1. The maximum absolute atomic E-state index is 12.3. The molecule has 0 atom stereocenters. The van der Waals surface area contributed by atoms with E-state index in [1.165, 1.54) is 7.11 Å². The number of ether oxygens (including phenoxy) is 1. The summed E-state index contributed by atoms with van der Waals surface area (Å²) in [6.45, 7) is 6.27. The molecule has 1 aromatic rings. The van der Waals surface area contributed by atoms with E-state index in [1.54, 1.807) is 6.07 Å². The van der Waals surface area contributed by atoms with Gasteiger partial charge in [-0.15, -0.1) is 0 Å². The van der Waals surface area contributed by atoms with Crippen molar-refractivity contribution in [1.29, 1.82) is 0 Å². The highest BCUT2D eigenvalue weighted by atomic mass is 16.5. The van der Waals surface area contributed by atoms with E-state index in [0.29, 0.717) is 17.8 Å². The molecule has 0 aromatic heterocycles. The highest BCUT2D eigenvalue weighted by molar-refractivity contribution is 5.95. The molecule has 8 heteroatoms. The van der Waals surface area contributed by atoms with Crippen LogP contribution in [-0.2, 0) is 9.53 Å². The third-order valence-corrected chi connectivity index (χ3v) is 4.93. The second-order valence-corrected chi connectivity index (χ2v) is 6.85. The van der Waals surface area contributed by atoms with E-state index in [0.717, 1.165) is 24.0 Å². The summed E-state index contributed by atoms with van der Waals surface area (Å²) in [6.07, 6.45) is 1.43. The van der Waals surface area contributed by atoms with Crippen molar-refractivity contribution >= 4 is 23.7 Å². The standard InChI is InChI=1S/C19H27N3O5/c1-5-22(10-17(23)24)14-7-13(8-14)20-19(26)21-16-9-15(18(25)27-4)11(2)6-12(16)3/h6,9,13-14H,5,7-8,10H2,1-4H3,(H,23,24)(H2,20,21,26). The molecule has 148 valence electrons. The lowest BCUT2D eigenvalue weighted by molar-refractivity contribution is -0.139. The van der Waals surface area contributed by atoms with Crippen molar-refractivity contribution in [1.82, 2.24) is 10.2 Å². The zero-order valence-corrected chi connectivity index (χ0v) is 16.2. The molecule has 1 saturated carbocycles. The molecule has 1 fully saturated rings. The number of carboxylic acids is 1. The van der Waals surface area contributed by atoms with Crippen LogP contribution in [0.2, 0.25) is 0 Å². The average molecular weight is 377 g/mol. The number of amides is 2.